The molecule has 3 atom stereocenters. The lowest BCUT2D eigenvalue weighted by Crippen LogP contribution is -2.30. The Morgan fingerprint density at radius 2 is 2.04 bits per heavy atom. The number of hydrogen-bond donors (Lipinski definition) is 1. The fraction of sp³-hybridized carbons (Fsp3) is 0.286. The number of allylic oxidation sites excluding steroid dienone is 2. The summed E-state index contributed by atoms with van der Waals surface area (Å²) >= 11 is 3.70. The molecule has 2 aliphatic heterocycles. The van der Waals surface area contributed by atoms with Crippen LogP contribution in [0.2, 0.25) is 0 Å². The molecule has 6 heteroatoms. The molecule has 0 saturated carbocycles. The first kappa shape index (κ1) is 16.7. The molecule has 0 bridgehead atoms. The summed E-state index contributed by atoms with van der Waals surface area (Å²) in [5.74, 6) is 1.79. The van der Waals surface area contributed by atoms with Gasteiger partial charge in [-0.3, -0.25) is 0 Å². The maximum Gasteiger partial charge on any atom is 0.339 e. The Morgan fingerprint density at radius 3 is 2.85 bits per heavy atom. The van der Waals surface area contributed by atoms with E-state index in [4.69, 9.17) is 14.2 Å². The Bertz CT molecular complexity index is 971. The van der Waals surface area contributed by atoms with Crippen molar-refractivity contribution in [2.75, 3.05) is 19.2 Å². The van der Waals surface area contributed by atoms with Crippen molar-refractivity contribution in [3.8, 4) is 11.5 Å². The standard InChI is InChI=1S/C21H18BrNO4/c1-25-21(24)14-7-3-6-12-11-4-2-5-13(11)20(23-19(12)14)15-8-17-18(9-16(15)22)27-10-26-17/h2-4,6-9,11,13,20,23H,5,10H2,1H3/t11-,13-,20+/m0/s1. The minimum atomic E-state index is -0.330. The van der Waals surface area contributed by atoms with Crippen LogP contribution < -0.4 is 14.8 Å². The van der Waals surface area contributed by atoms with Crippen LogP contribution in [-0.4, -0.2) is 19.9 Å². The highest BCUT2D eigenvalue weighted by Gasteiger charge is 2.40. The van der Waals surface area contributed by atoms with Crippen molar-refractivity contribution < 1.29 is 19.0 Å². The predicted octanol–water partition coefficient (Wildman–Crippen LogP) is 4.79. The van der Waals surface area contributed by atoms with Crippen LogP contribution in [0.25, 0.3) is 0 Å². The lowest BCUT2D eigenvalue weighted by molar-refractivity contribution is 0.0601. The van der Waals surface area contributed by atoms with Crippen LogP contribution in [0.4, 0.5) is 5.69 Å². The molecule has 0 fully saturated rings. The van der Waals surface area contributed by atoms with E-state index >= 15 is 0 Å². The summed E-state index contributed by atoms with van der Waals surface area (Å²) < 4.78 is 17.0. The van der Waals surface area contributed by atoms with E-state index in [1.807, 2.05) is 24.3 Å². The molecular weight excluding hydrogens is 410 g/mol. The van der Waals surface area contributed by atoms with Gasteiger partial charge in [0.2, 0.25) is 6.79 Å². The zero-order valence-corrected chi connectivity index (χ0v) is 16.3. The summed E-state index contributed by atoms with van der Waals surface area (Å²) in [5, 5.41) is 3.63. The van der Waals surface area contributed by atoms with Crippen molar-refractivity contribution in [1.82, 2.24) is 0 Å². The van der Waals surface area contributed by atoms with Crippen LogP contribution in [0.15, 0.2) is 47.0 Å². The topological polar surface area (TPSA) is 56.8 Å². The third-order valence-electron chi connectivity index (χ3n) is 5.63. The number of anilines is 1. The number of carbonyl (C=O) groups excluding carboxylic acids is 1. The molecule has 5 rings (SSSR count). The van der Waals surface area contributed by atoms with Crippen LogP contribution in [0.3, 0.4) is 0 Å². The quantitative estimate of drug-likeness (QED) is 0.551. The fourth-order valence-corrected chi connectivity index (χ4v) is 4.95. The SMILES string of the molecule is COC(=O)c1cccc2c1N[C@@H](c1cc3c(cc1Br)OCO3)[C@H]1CC=C[C@@H]21. The average molecular weight is 428 g/mol. The zero-order chi connectivity index (χ0) is 18.5. The van der Waals surface area contributed by atoms with Gasteiger partial charge in [0, 0.05) is 10.4 Å². The minimum Gasteiger partial charge on any atom is -0.465 e. The number of rotatable bonds is 2. The van der Waals surface area contributed by atoms with Crippen molar-refractivity contribution in [3.63, 3.8) is 0 Å². The number of ether oxygens (including phenoxy) is 3. The van der Waals surface area contributed by atoms with Crippen LogP contribution >= 0.6 is 15.9 Å². The second kappa shape index (κ2) is 6.30. The number of benzene rings is 2. The van der Waals surface area contributed by atoms with Gasteiger partial charge in [-0.05, 0) is 41.7 Å². The molecule has 1 N–H and O–H groups in total. The Balaban J connectivity index is 1.64. The van der Waals surface area contributed by atoms with Gasteiger partial charge in [-0.1, -0.05) is 40.2 Å². The number of hydrogen-bond acceptors (Lipinski definition) is 5. The normalized spacial score (nSPS) is 24.1. The van der Waals surface area contributed by atoms with E-state index in [0.29, 0.717) is 11.5 Å². The molecule has 3 aliphatic rings. The third kappa shape index (κ3) is 2.54. The first-order valence-corrected chi connectivity index (χ1v) is 9.70. The number of methoxy groups -OCH3 is 1. The second-order valence-electron chi connectivity index (χ2n) is 6.96. The van der Waals surface area contributed by atoms with Gasteiger partial charge in [-0.2, -0.15) is 0 Å². The van der Waals surface area contributed by atoms with E-state index < -0.39 is 0 Å². The molecular formula is C21H18BrNO4. The first-order chi connectivity index (χ1) is 13.2. The van der Waals surface area contributed by atoms with Crippen LogP contribution in [-0.2, 0) is 4.74 Å². The predicted molar refractivity (Wildman–Crippen MR) is 104 cm³/mol. The molecule has 0 amide bonds. The van der Waals surface area contributed by atoms with Crippen LogP contribution in [0.1, 0.15) is 39.9 Å². The Labute approximate surface area is 165 Å². The van der Waals surface area contributed by atoms with Crippen molar-refractivity contribution in [2.45, 2.75) is 18.4 Å². The second-order valence-corrected chi connectivity index (χ2v) is 7.82. The monoisotopic (exact) mass is 427 g/mol. The molecule has 2 aromatic rings. The van der Waals surface area contributed by atoms with Gasteiger partial charge >= 0.3 is 5.97 Å². The fourth-order valence-electron chi connectivity index (χ4n) is 4.38. The van der Waals surface area contributed by atoms with Gasteiger partial charge in [0.05, 0.1) is 24.4 Å². The number of halogens is 1. The van der Waals surface area contributed by atoms with Gasteiger partial charge in [0.25, 0.3) is 0 Å². The van der Waals surface area contributed by atoms with Gasteiger partial charge in [0.1, 0.15) is 0 Å². The highest BCUT2D eigenvalue weighted by Crippen LogP contribution is 2.53. The maximum absolute atomic E-state index is 12.3. The Morgan fingerprint density at radius 1 is 1.22 bits per heavy atom. The molecule has 5 nitrogen and oxygen atoms in total. The molecule has 2 aromatic carbocycles. The van der Waals surface area contributed by atoms with E-state index in [1.165, 1.54) is 7.11 Å². The van der Waals surface area contributed by atoms with E-state index in [2.05, 4.69) is 39.5 Å². The van der Waals surface area contributed by atoms with Crippen molar-refractivity contribution >= 4 is 27.6 Å². The van der Waals surface area contributed by atoms with Crippen molar-refractivity contribution in [1.29, 1.82) is 0 Å². The van der Waals surface area contributed by atoms with Crippen molar-refractivity contribution in [2.24, 2.45) is 5.92 Å². The first-order valence-electron chi connectivity index (χ1n) is 8.91. The van der Waals surface area contributed by atoms with Crippen LogP contribution in [0.5, 0.6) is 11.5 Å². The van der Waals surface area contributed by atoms with E-state index in [0.717, 1.165) is 39.2 Å². The number of para-hydroxylation sites is 1. The van der Waals surface area contributed by atoms with Gasteiger partial charge < -0.3 is 19.5 Å². The summed E-state index contributed by atoms with van der Waals surface area (Å²) in [5.41, 5.74) is 3.66. The molecule has 2 heterocycles. The smallest absolute Gasteiger partial charge is 0.339 e. The summed E-state index contributed by atoms with van der Waals surface area (Å²) in [6.07, 6.45) is 5.45. The zero-order valence-electron chi connectivity index (χ0n) is 14.7. The summed E-state index contributed by atoms with van der Waals surface area (Å²) in [6.45, 7) is 0.242. The molecule has 138 valence electrons. The van der Waals surface area contributed by atoms with Crippen molar-refractivity contribution in [3.05, 3.63) is 63.6 Å². The minimum absolute atomic E-state index is 0.0344. The molecule has 0 aromatic heterocycles. The number of carbonyl (C=O) groups is 1. The molecule has 0 saturated heterocycles. The summed E-state index contributed by atoms with van der Waals surface area (Å²) in [4.78, 5) is 12.3. The van der Waals surface area contributed by atoms with E-state index in [9.17, 15) is 4.79 Å². The van der Waals surface area contributed by atoms with Gasteiger partial charge in [-0.25, -0.2) is 4.79 Å². The van der Waals surface area contributed by atoms with E-state index in [1.54, 1.807) is 0 Å². The molecule has 1 aliphatic carbocycles. The lowest BCUT2D eigenvalue weighted by Gasteiger charge is -2.38. The number of nitrogens with one attached hydrogen (secondary N) is 1. The largest absolute Gasteiger partial charge is 0.465 e. The average Bonchev–Trinajstić information content (AvgIpc) is 3.34. The Hall–Kier alpha value is -2.47. The Kier molecular flexibility index (Phi) is 3.90. The van der Waals surface area contributed by atoms with Crippen LogP contribution in [0, 0.1) is 5.92 Å². The highest BCUT2D eigenvalue weighted by molar-refractivity contribution is 9.10. The lowest BCUT2D eigenvalue weighted by atomic mass is 9.76. The third-order valence-corrected chi connectivity index (χ3v) is 6.32. The summed E-state index contributed by atoms with van der Waals surface area (Å²) in [6, 6.07) is 9.85. The summed E-state index contributed by atoms with van der Waals surface area (Å²) in [7, 11) is 1.41. The maximum atomic E-state index is 12.3. The number of fused-ring (bicyclic) bond motifs is 4. The van der Waals surface area contributed by atoms with E-state index in [-0.39, 0.29) is 24.7 Å². The molecule has 0 spiro atoms. The van der Waals surface area contributed by atoms with Gasteiger partial charge in [-0.15, -0.1) is 0 Å². The van der Waals surface area contributed by atoms with Gasteiger partial charge in [0.15, 0.2) is 11.5 Å². The highest BCUT2D eigenvalue weighted by atomic mass is 79.9. The molecule has 0 unspecified atom stereocenters. The number of esters is 1. The molecule has 27 heavy (non-hydrogen) atoms. The molecule has 0 radical (unpaired) electrons.